The molecule has 0 aliphatic rings. The number of hydrogen-bond donors (Lipinski definition) is 2. The Balaban J connectivity index is 2.01. The molecule has 0 atom stereocenters. The third-order valence-electron chi connectivity index (χ3n) is 4.40. The fourth-order valence-corrected chi connectivity index (χ4v) is 3.00. The Bertz CT molecular complexity index is 978. The molecular formula is C21H22N2O3. The molecule has 0 fully saturated rings. The number of para-hydroxylation sites is 1. The van der Waals surface area contributed by atoms with Gasteiger partial charge in [-0.25, -0.2) is 0 Å². The second-order valence-electron chi connectivity index (χ2n) is 6.22. The van der Waals surface area contributed by atoms with Gasteiger partial charge in [-0.15, -0.1) is 0 Å². The lowest BCUT2D eigenvalue weighted by atomic mass is 10.1. The average molecular weight is 350 g/mol. The number of nitrogens with zero attached hydrogens (tertiary/aromatic N) is 1. The zero-order chi connectivity index (χ0) is 18.5. The summed E-state index contributed by atoms with van der Waals surface area (Å²) in [4.78, 5) is 25.5. The summed E-state index contributed by atoms with van der Waals surface area (Å²) in [5, 5.41) is 13.8. The molecule has 1 amide bonds. The first-order chi connectivity index (χ1) is 12.6. The molecule has 0 saturated carbocycles. The second-order valence-corrected chi connectivity index (χ2v) is 6.22. The van der Waals surface area contributed by atoms with Gasteiger partial charge in [0.1, 0.15) is 11.3 Å². The first kappa shape index (κ1) is 17.7. The van der Waals surface area contributed by atoms with Gasteiger partial charge in [0.15, 0.2) is 0 Å². The van der Waals surface area contributed by atoms with E-state index in [4.69, 9.17) is 0 Å². The van der Waals surface area contributed by atoms with E-state index in [0.717, 1.165) is 18.4 Å². The topological polar surface area (TPSA) is 71.3 Å². The smallest absolute Gasteiger partial charge is 0.267 e. The third-order valence-corrected chi connectivity index (χ3v) is 4.40. The van der Waals surface area contributed by atoms with Gasteiger partial charge < -0.3 is 15.0 Å². The SMILES string of the molecule is CCCCn1c(=O)c(C(=O)NCc2ccccc2)c(O)c2ccccc21. The minimum Gasteiger partial charge on any atom is -0.506 e. The number of aromatic nitrogens is 1. The van der Waals surface area contributed by atoms with Gasteiger partial charge in [0.2, 0.25) is 0 Å². The molecule has 26 heavy (non-hydrogen) atoms. The van der Waals surface area contributed by atoms with E-state index in [0.29, 0.717) is 24.0 Å². The van der Waals surface area contributed by atoms with Gasteiger partial charge in [0.05, 0.1) is 5.52 Å². The number of carbonyl (C=O) groups excluding carboxylic acids is 1. The lowest BCUT2D eigenvalue weighted by Crippen LogP contribution is -2.33. The Morgan fingerprint density at radius 3 is 2.50 bits per heavy atom. The summed E-state index contributed by atoms with van der Waals surface area (Å²) in [6.07, 6.45) is 1.75. The number of aryl methyl sites for hydroxylation is 1. The number of fused-ring (bicyclic) bond motifs is 1. The summed E-state index contributed by atoms with van der Waals surface area (Å²) in [6, 6.07) is 16.5. The van der Waals surface area contributed by atoms with Crippen LogP contribution < -0.4 is 10.9 Å². The standard InChI is InChI=1S/C21H22N2O3/c1-2-3-13-23-17-12-8-7-11-16(17)19(24)18(21(23)26)20(25)22-14-15-9-5-4-6-10-15/h4-12,24H,2-3,13-14H2,1H3,(H,22,25). The van der Waals surface area contributed by atoms with Crippen molar-refractivity contribution < 1.29 is 9.90 Å². The van der Waals surface area contributed by atoms with E-state index in [1.807, 2.05) is 43.3 Å². The van der Waals surface area contributed by atoms with Crippen LogP contribution in [0.4, 0.5) is 0 Å². The summed E-state index contributed by atoms with van der Waals surface area (Å²) < 4.78 is 1.58. The van der Waals surface area contributed by atoms with E-state index in [9.17, 15) is 14.7 Å². The molecule has 0 bridgehead atoms. The van der Waals surface area contributed by atoms with Crippen LogP contribution in [-0.2, 0) is 13.1 Å². The van der Waals surface area contributed by atoms with Crippen LogP contribution in [0.5, 0.6) is 5.75 Å². The summed E-state index contributed by atoms with van der Waals surface area (Å²) >= 11 is 0. The van der Waals surface area contributed by atoms with E-state index < -0.39 is 11.5 Å². The summed E-state index contributed by atoms with van der Waals surface area (Å²) in [7, 11) is 0. The van der Waals surface area contributed by atoms with Crippen LogP contribution in [0, 0.1) is 0 Å². The van der Waals surface area contributed by atoms with Crippen molar-refractivity contribution in [2.75, 3.05) is 0 Å². The third kappa shape index (κ3) is 3.47. The van der Waals surface area contributed by atoms with Crippen molar-refractivity contribution in [3.05, 3.63) is 76.1 Å². The van der Waals surface area contributed by atoms with E-state index in [1.165, 1.54) is 0 Å². The molecule has 5 nitrogen and oxygen atoms in total. The largest absolute Gasteiger partial charge is 0.506 e. The van der Waals surface area contributed by atoms with Crippen LogP contribution in [0.1, 0.15) is 35.7 Å². The van der Waals surface area contributed by atoms with Gasteiger partial charge in [0, 0.05) is 18.5 Å². The number of nitrogens with one attached hydrogen (secondary N) is 1. The van der Waals surface area contributed by atoms with E-state index in [1.54, 1.807) is 22.8 Å². The molecule has 0 spiro atoms. The van der Waals surface area contributed by atoms with Gasteiger partial charge >= 0.3 is 0 Å². The molecule has 134 valence electrons. The minimum absolute atomic E-state index is 0.198. The number of carbonyl (C=O) groups is 1. The Labute approximate surface area is 151 Å². The number of hydrogen-bond acceptors (Lipinski definition) is 3. The van der Waals surface area contributed by atoms with Gasteiger partial charge in [-0.2, -0.15) is 0 Å². The van der Waals surface area contributed by atoms with E-state index in [2.05, 4.69) is 5.32 Å². The number of rotatable bonds is 6. The molecule has 0 aliphatic heterocycles. The molecular weight excluding hydrogens is 328 g/mol. The Morgan fingerprint density at radius 2 is 1.77 bits per heavy atom. The van der Waals surface area contributed by atoms with Crippen LogP contribution in [0.25, 0.3) is 10.9 Å². The zero-order valence-corrected chi connectivity index (χ0v) is 14.7. The molecule has 3 aromatic rings. The van der Waals surface area contributed by atoms with Gasteiger partial charge in [0.25, 0.3) is 11.5 Å². The number of unbranched alkanes of at least 4 members (excludes halogenated alkanes) is 1. The highest BCUT2D eigenvalue weighted by molar-refractivity contribution is 6.02. The molecule has 0 saturated heterocycles. The lowest BCUT2D eigenvalue weighted by molar-refractivity contribution is 0.0946. The van der Waals surface area contributed by atoms with Crippen molar-refractivity contribution in [2.24, 2.45) is 0 Å². The van der Waals surface area contributed by atoms with Gasteiger partial charge in [-0.1, -0.05) is 55.8 Å². The maximum atomic E-state index is 12.9. The first-order valence-electron chi connectivity index (χ1n) is 8.80. The number of aromatic hydroxyl groups is 1. The second kappa shape index (κ2) is 7.87. The number of pyridine rings is 1. The predicted molar refractivity (Wildman–Crippen MR) is 102 cm³/mol. The summed E-state index contributed by atoms with van der Waals surface area (Å²) in [5.41, 5.74) is 0.909. The normalized spacial score (nSPS) is 10.8. The summed E-state index contributed by atoms with van der Waals surface area (Å²) in [6.45, 7) is 2.84. The Morgan fingerprint density at radius 1 is 1.08 bits per heavy atom. The quantitative estimate of drug-likeness (QED) is 0.715. The van der Waals surface area contributed by atoms with Crippen LogP contribution >= 0.6 is 0 Å². The molecule has 0 radical (unpaired) electrons. The maximum Gasteiger partial charge on any atom is 0.267 e. The highest BCUT2D eigenvalue weighted by Crippen LogP contribution is 2.26. The van der Waals surface area contributed by atoms with Crippen LogP contribution in [0.3, 0.4) is 0 Å². The zero-order valence-electron chi connectivity index (χ0n) is 14.7. The molecule has 2 N–H and O–H groups in total. The molecule has 3 rings (SSSR count). The molecule has 0 unspecified atom stereocenters. The Hall–Kier alpha value is -3.08. The van der Waals surface area contributed by atoms with Crippen LogP contribution in [0.15, 0.2) is 59.4 Å². The fraction of sp³-hybridized carbons (Fsp3) is 0.238. The number of amides is 1. The average Bonchev–Trinajstić information content (AvgIpc) is 2.67. The fourth-order valence-electron chi connectivity index (χ4n) is 3.00. The Kier molecular flexibility index (Phi) is 5.37. The highest BCUT2D eigenvalue weighted by atomic mass is 16.3. The van der Waals surface area contributed by atoms with Crippen molar-refractivity contribution in [2.45, 2.75) is 32.9 Å². The van der Waals surface area contributed by atoms with Crippen molar-refractivity contribution >= 4 is 16.8 Å². The first-order valence-corrected chi connectivity index (χ1v) is 8.80. The maximum absolute atomic E-state index is 12.9. The van der Waals surface area contributed by atoms with Gasteiger partial charge in [-0.3, -0.25) is 9.59 Å². The van der Waals surface area contributed by atoms with Crippen LogP contribution in [-0.4, -0.2) is 15.6 Å². The molecule has 2 aromatic carbocycles. The molecule has 1 aromatic heterocycles. The highest BCUT2D eigenvalue weighted by Gasteiger charge is 2.21. The van der Waals surface area contributed by atoms with Gasteiger partial charge in [-0.05, 0) is 24.1 Å². The number of benzene rings is 2. The van der Waals surface area contributed by atoms with E-state index >= 15 is 0 Å². The van der Waals surface area contributed by atoms with E-state index in [-0.39, 0.29) is 11.3 Å². The monoisotopic (exact) mass is 350 g/mol. The van der Waals surface area contributed by atoms with Crippen molar-refractivity contribution in [1.29, 1.82) is 0 Å². The van der Waals surface area contributed by atoms with Crippen molar-refractivity contribution in [1.82, 2.24) is 9.88 Å². The molecule has 0 aliphatic carbocycles. The molecule has 5 heteroatoms. The predicted octanol–water partition coefficient (Wildman–Crippen LogP) is 3.44. The van der Waals surface area contributed by atoms with Crippen LogP contribution in [0.2, 0.25) is 0 Å². The van der Waals surface area contributed by atoms with Crippen molar-refractivity contribution in [3.63, 3.8) is 0 Å². The van der Waals surface area contributed by atoms with Crippen molar-refractivity contribution in [3.8, 4) is 5.75 Å². The lowest BCUT2D eigenvalue weighted by Gasteiger charge is -2.14. The molecule has 1 heterocycles. The summed E-state index contributed by atoms with van der Waals surface area (Å²) in [5.74, 6) is -0.823. The minimum atomic E-state index is -0.563.